The first-order chi connectivity index (χ1) is 3.80. The Labute approximate surface area is 46.3 Å². The molecule has 0 saturated carbocycles. The molecule has 0 aromatic carbocycles. The average molecular weight is 114 g/mol. The van der Waals surface area contributed by atoms with E-state index in [9.17, 15) is 4.79 Å². The van der Waals surface area contributed by atoms with Crippen LogP contribution in [0.4, 0.5) is 0 Å². The van der Waals surface area contributed by atoms with Gasteiger partial charge in [-0.15, -0.1) is 5.48 Å². The molecule has 0 saturated heterocycles. The van der Waals surface area contributed by atoms with E-state index < -0.39 is 11.9 Å². The van der Waals surface area contributed by atoms with Crippen molar-refractivity contribution in [2.75, 3.05) is 0 Å². The Hall–Kier alpha value is -1.03. The lowest BCUT2D eigenvalue weighted by Crippen LogP contribution is -2.35. The number of nitrogens with one attached hydrogen (secondary N) is 1. The summed E-state index contributed by atoms with van der Waals surface area (Å²) in [5.74, 6) is -0.432. The van der Waals surface area contributed by atoms with Crippen LogP contribution in [0.5, 0.6) is 0 Å². The lowest BCUT2D eigenvalue weighted by Gasteiger charge is -1.98. The van der Waals surface area contributed by atoms with Crippen molar-refractivity contribution in [1.29, 1.82) is 0 Å². The van der Waals surface area contributed by atoms with Gasteiger partial charge >= 0.3 is 0 Å². The van der Waals surface area contributed by atoms with Crippen LogP contribution in [-0.4, -0.2) is 11.9 Å². The van der Waals surface area contributed by atoms with Gasteiger partial charge < -0.3 is 10.6 Å². The molecule has 0 aromatic heterocycles. The zero-order valence-electron chi connectivity index (χ0n) is 4.13. The second-order valence-electron chi connectivity index (χ2n) is 1.44. The summed E-state index contributed by atoms with van der Waals surface area (Å²) in [4.78, 5) is 14.7. The van der Waals surface area contributed by atoms with Crippen LogP contribution in [0, 0.1) is 0 Å². The van der Waals surface area contributed by atoms with Crippen LogP contribution in [0.25, 0.3) is 0 Å². The monoisotopic (exact) mass is 114 g/mol. The largest absolute Gasteiger partial charge is 0.416 e. The number of amides is 1. The highest BCUT2D eigenvalue weighted by Crippen LogP contribution is 1.92. The molecular formula is C4H6N2O2. The summed E-state index contributed by atoms with van der Waals surface area (Å²) >= 11 is 0. The van der Waals surface area contributed by atoms with Gasteiger partial charge in [0.05, 0.1) is 0 Å². The van der Waals surface area contributed by atoms with E-state index in [1.807, 2.05) is 0 Å². The molecule has 0 radical (unpaired) electrons. The first kappa shape index (κ1) is 5.11. The summed E-state index contributed by atoms with van der Waals surface area (Å²) < 4.78 is 0. The van der Waals surface area contributed by atoms with E-state index in [-0.39, 0.29) is 0 Å². The van der Waals surface area contributed by atoms with E-state index in [2.05, 4.69) is 10.3 Å². The normalized spacial score (nSPS) is 25.2. The fraction of sp³-hybridized carbons (Fsp3) is 0.250. The molecule has 4 heteroatoms. The van der Waals surface area contributed by atoms with Crippen molar-refractivity contribution in [3.05, 3.63) is 12.3 Å². The maximum Gasteiger partial charge on any atom is 0.242 e. The van der Waals surface area contributed by atoms with Gasteiger partial charge in [0.25, 0.3) is 0 Å². The van der Waals surface area contributed by atoms with Gasteiger partial charge in [0.2, 0.25) is 5.91 Å². The maximum absolute atomic E-state index is 10.2. The molecule has 44 valence electrons. The van der Waals surface area contributed by atoms with Crippen molar-refractivity contribution in [3.8, 4) is 0 Å². The zero-order valence-corrected chi connectivity index (χ0v) is 4.13. The van der Waals surface area contributed by atoms with Crippen LogP contribution in [0.15, 0.2) is 12.3 Å². The summed E-state index contributed by atoms with van der Waals surface area (Å²) in [5.41, 5.74) is 7.24. The van der Waals surface area contributed by atoms with Gasteiger partial charge in [-0.25, -0.2) is 0 Å². The van der Waals surface area contributed by atoms with Crippen LogP contribution in [-0.2, 0) is 9.63 Å². The van der Waals surface area contributed by atoms with Crippen molar-refractivity contribution in [1.82, 2.24) is 5.48 Å². The molecule has 0 spiro atoms. The van der Waals surface area contributed by atoms with Gasteiger partial charge in [-0.3, -0.25) is 4.79 Å². The Balaban J connectivity index is 2.48. The predicted molar refractivity (Wildman–Crippen MR) is 26.3 cm³/mol. The lowest BCUT2D eigenvalue weighted by molar-refractivity contribution is -0.120. The lowest BCUT2D eigenvalue weighted by atomic mass is 10.3. The van der Waals surface area contributed by atoms with E-state index >= 15 is 0 Å². The van der Waals surface area contributed by atoms with Crippen molar-refractivity contribution >= 4 is 5.91 Å². The molecule has 1 unspecified atom stereocenters. The number of rotatable bonds is 1. The van der Waals surface area contributed by atoms with Crippen LogP contribution in [0.1, 0.15) is 0 Å². The fourth-order valence-corrected chi connectivity index (χ4v) is 0.423. The Bertz CT molecular complexity index is 132. The summed E-state index contributed by atoms with van der Waals surface area (Å²) in [5, 5.41) is 0. The smallest absolute Gasteiger partial charge is 0.242 e. The van der Waals surface area contributed by atoms with E-state index in [4.69, 9.17) is 5.73 Å². The minimum Gasteiger partial charge on any atom is -0.416 e. The maximum atomic E-state index is 10.2. The van der Waals surface area contributed by atoms with Crippen molar-refractivity contribution in [2.24, 2.45) is 5.73 Å². The fourth-order valence-electron chi connectivity index (χ4n) is 0.423. The van der Waals surface area contributed by atoms with Gasteiger partial charge in [0, 0.05) is 0 Å². The number of hydrogen-bond donors (Lipinski definition) is 2. The summed E-state index contributed by atoms with van der Waals surface area (Å²) in [6.07, 6.45) is 2.93. The molecule has 1 aliphatic heterocycles. The number of carbonyl (C=O) groups is 1. The predicted octanol–water partition coefficient (Wildman–Crippen LogP) is -1.11. The number of carbonyl (C=O) groups excluding carboxylic acids is 1. The first-order valence-corrected chi connectivity index (χ1v) is 2.18. The summed E-state index contributed by atoms with van der Waals surface area (Å²) in [6, 6.07) is -0.449. The van der Waals surface area contributed by atoms with Crippen molar-refractivity contribution < 1.29 is 9.63 Å². The highest BCUT2D eigenvalue weighted by molar-refractivity contribution is 5.81. The number of primary amides is 1. The van der Waals surface area contributed by atoms with Gasteiger partial charge in [-0.1, -0.05) is 0 Å². The van der Waals surface area contributed by atoms with Gasteiger partial charge in [0.15, 0.2) is 0 Å². The number of hydrogen-bond acceptors (Lipinski definition) is 3. The standard InChI is InChI=1S/C4H6N2O2/c5-4(7)3-1-2-8-6-3/h1-3,6H,(H2,5,7). The highest BCUT2D eigenvalue weighted by Gasteiger charge is 2.14. The molecule has 1 aliphatic rings. The third-order valence-electron chi connectivity index (χ3n) is 0.841. The third kappa shape index (κ3) is 0.788. The highest BCUT2D eigenvalue weighted by atomic mass is 16.6. The van der Waals surface area contributed by atoms with Crippen molar-refractivity contribution in [2.45, 2.75) is 6.04 Å². The zero-order chi connectivity index (χ0) is 5.98. The minimum absolute atomic E-state index is 0.432. The van der Waals surface area contributed by atoms with Crippen molar-refractivity contribution in [3.63, 3.8) is 0 Å². The molecule has 1 atom stereocenters. The molecule has 1 rings (SSSR count). The average Bonchev–Trinajstić information content (AvgIpc) is 2.12. The molecule has 3 N–H and O–H groups in total. The van der Waals surface area contributed by atoms with E-state index in [0.717, 1.165) is 0 Å². The van der Waals surface area contributed by atoms with E-state index in [1.54, 1.807) is 6.08 Å². The topological polar surface area (TPSA) is 64.4 Å². The van der Waals surface area contributed by atoms with Gasteiger partial charge in [-0.2, -0.15) is 0 Å². The molecule has 4 nitrogen and oxygen atoms in total. The summed E-state index contributed by atoms with van der Waals surface area (Å²) in [7, 11) is 0. The Kier molecular flexibility index (Phi) is 1.17. The SMILES string of the molecule is NC(=O)C1C=CON1. The first-order valence-electron chi connectivity index (χ1n) is 2.18. The Morgan fingerprint density at radius 2 is 2.62 bits per heavy atom. The molecule has 0 aromatic rings. The minimum atomic E-state index is -0.449. The summed E-state index contributed by atoms with van der Waals surface area (Å²) in [6.45, 7) is 0. The molecule has 8 heavy (non-hydrogen) atoms. The molecule has 0 fully saturated rings. The molecule has 1 heterocycles. The second-order valence-corrected chi connectivity index (χ2v) is 1.44. The van der Waals surface area contributed by atoms with Crippen LogP contribution in [0.3, 0.4) is 0 Å². The van der Waals surface area contributed by atoms with E-state index in [0.29, 0.717) is 0 Å². The number of nitrogens with two attached hydrogens (primary N) is 1. The Morgan fingerprint density at radius 1 is 1.88 bits per heavy atom. The van der Waals surface area contributed by atoms with E-state index in [1.165, 1.54) is 6.26 Å². The van der Waals surface area contributed by atoms with Crippen LogP contribution in [0.2, 0.25) is 0 Å². The van der Waals surface area contributed by atoms with Crippen LogP contribution >= 0.6 is 0 Å². The Morgan fingerprint density at radius 3 is 2.88 bits per heavy atom. The second kappa shape index (κ2) is 1.83. The molecule has 0 bridgehead atoms. The van der Waals surface area contributed by atoms with Gasteiger partial charge in [-0.05, 0) is 6.08 Å². The van der Waals surface area contributed by atoms with Gasteiger partial charge in [0.1, 0.15) is 12.3 Å². The third-order valence-corrected chi connectivity index (χ3v) is 0.841. The number of hydroxylamine groups is 1. The van der Waals surface area contributed by atoms with Crippen LogP contribution < -0.4 is 11.2 Å². The molecular weight excluding hydrogens is 108 g/mol. The molecule has 1 amide bonds. The molecule has 0 aliphatic carbocycles. The quantitative estimate of drug-likeness (QED) is 0.454.